The Morgan fingerprint density at radius 2 is 1.85 bits per heavy atom. The van der Waals surface area contributed by atoms with E-state index >= 15 is 0 Å². The predicted molar refractivity (Wildman–Crippen MR) is 84.0 cm³/mol. The molecule has 108 valence electrons. The van der Waals surface area contributed by atoms with Gasteiger partial charge in [0.25, 0.3) is 0 Å². The molecule has 3 nitrogen and oxygen atoms in total. The average molecular weight is 272 g/mol. The van der Waals surface area contributed by atoms with Crippen LogP contribution in [-0.2, 0) is 0 Å². The molecule has 0 bridgehead atoms. The van der Waals surface area contributed by atoms with Crippen LogP contribution in [0.25, 0.3) is 0 Å². The zero-order valence-corrected chi connectivity index (χ0v) is 13.0. The lowest BCUT2D eigenvalue weighted by Crippen LogP contribution is -2.14. The minimum atomic E-state index is 0.200. The van der Waals surface area contributed by atoms with Crippen LogP contribution in [0.2, 0.25) is 0 Å². The molecule has 0 saturated heterocycles. The van der Waals surface area contributed by atoms with Gasteiger partial charge in [-0.15, -0.1) is 0 Å². The van der Waals surface area contributed by atoms with E-state index in [1.54, 1.807) is 0 Å². The molecular weight excluding hydrogens is 248 g/mol. The van der Waals surface area contributed by atoms with Gasteiger partial charge in [0.15, 0.2) is 0 Å². The van der Waals surface area contributed by atoms with E-state index in [1.807, 2.05) is 26.0 Å². The Balaban J connectivity index is 2.19. The van der Waals surface area contributed by atoms with Crippen molar-refractivity contribution < 1.29 is 4.74 Å². The first-order valence-corrected chi connectivity index (χ1v) is 7.24. The minimum absolute atomic E-state index is 0.200. The van der Waals surface area contributed by atoms with E-state index in [0.717, 1.165) is 29.1 Å². The van der Waals surface area contributed by atoms with Gasteiger partial charge < -0.3 is 4.74 Å². The Morgan fingerprint density at radius 1 is 1.20 bits per heavy atom. The lowest BCUT2D eigenvalue weighted by Gasteiger charge is -2.14. The Labute approximate surface area is 121 Å². The molecule has 1 aromatic carbocycles. The van der Waals surface area contributed by atoms with Crippen molar-refractivity contribution in [1.82, 2.24) is 5.43 Å². The minimum Gasteiger partial charge on any atom is -0.491 e. The summed E-state index contributed by atoms with van der Waals surface area (Å²) in [4.78, 5) is 0. The summed E-state index contributed by atoms with van der Waals surface area (Å²) in [6, 6.07) is 8.21. The Hall–Kier alpha value is -1.77. The molecule has 20 heavy (non-hydrogen) atoms. The van der Waals surface area contributed by atoms with Crippen LogP contribution in [0.3, 0.4) is 0 Å². The van der Waals surface area contributed by atoms with Gasteiger partial charge in [0.1, 0.15) is 5.75 Å². The maximum Gasteiger partial charge on any atom is 0.119 e. The number of hydrazone groups is 1. The van der Waals surface area contributed by atoms with Gasteiger partial charge in [-0.1, -0.05) is 12.5 Å². The molecule has 0 spiro atoms. The van der Waals surface area contributed by atoms with E-state index in [4.69, 9.17) is 4.74 Å². The van der Waals surface area contributed by atoms with Crippen LogP contribution < -0.4 is 10.2 Å². The van der Waals surface area contributed by atoms with Gasteiger partial charge >= 0.3 is 0 Å². The summed E-state index contributed by atoms with van der Waals surface area (Å²) in [5, 5.41) is 4.56. The number of hydrogen-bond donors (Lipinski definition) is 1. The summed E-state index contributed by atoms with van der Waals surface area (Å²) < 4.78 is 5.68. The molecule has 3 heteroatoms. The van der Waals surface area contributed by atoms with E-state index in [0.29, 0.717) is 5.92 Å². The largest absolute Gasteiger partial charge is 0.491 e. The van der Waals surface area contributed by atoms with Crippen LogP contribution in [0.1, 0.15) is 46.6 Å². The summed E-state index contributed by atoms with van der Waals surface area (Å²) in [6.07, 6.45) is 1.24. The average Bonchev–Trinajstić information content (AvgIpc) is 2.50. The highest BCUT2D eigenvalue weighted by atomic mass is 16.5. The van der Waals surface area contributed by atoms with E-state index in [-0.39, 0.29) is 6.10 Å². The number of rotatable bonds is 3. The van der Waals surface area contributed by atoms with Crippen LogP contribution in [0.5, 0.6) is 5.75 Å². The van der Waals surface area contributed by atoms with Crippen LogP contribution in [0.15, 0.2) is 40.6 Å². The van der Waals surface area contributed by atoms with Gasteiger partial charge in [-0.25, -0.2) is 0 Å². The number of allylic oxidation sites excluding steroid dienone is 2. The molecule has 1 N–H and O–H groups in total. The second-order valence-corrected chi connectivity index (χ2v) is 5.81. The van der Waals surface area contributed by atoms with Crippen molar-refractivity contribution in [3.8, 4) is 5.75 Å². The van der Waals surface area contributed by atoms with Crippen LogP contribution >= 0.6 is 0 Å². The van der Waals surface area contributed by atoms with E-state index < -0.39 is 0 Å². The molecule has 0 aliphatic carbocycles. The molecule has 1 heterocycles. The first-order chi connectivity index (χ1) is 9.47. The second-order valence-electron chi connectivity index (χ2n) is 5.81. The van der Waals surface area contributed by atoms with Gasteiger partial charge in [-0.05, 0) is 63.9 Å². The molecule has 0 radical (unpaired) electrons. The van der Waals surface area contributed by atoms with Crippen LogP contribution in [0.4, 0.5) is 0 Å². The Morgan fingerprint density at radius 3 is 2.45 bits per heavy atom. The first-order valence-electron chi connectivity index (χ1n) is 7.24. The number of hydrogen-bond acceptors (Lipinski definition) is 3. The molecule has 1 aliphatic heterocycles. The van der Waals surface area contributed by atoms with E-state index in [1.165, 1.54) is 5.57 Å². The maximum atomic E-state index is 5.68. The van der Waals surface area contributed by atoms with Crippen molar-refractivity contribution in [3.63, 3.8) is 0 Å². The summed E-state index contributed by atoms with van der Waals surface area (Å²) in [5.41, 5.74) is 7.95. The summed E-state index contributed by atoms with van der Waals surface area (Å²) in [5.74, 6) is 1.32. The molecular formula is C17H24N2O. The van der Waals surface area contributed by atoms with Gasteiger partial charge in [-0.3, -0.25) is 5.43 Å². The number of nitrogens with one attached hydrogen (secondary N) is 1. The van der Waals surface area contributed by atoms with E-state index in [9.17, 15) is 0 Å². The zero-order chi connectivity index (χ0) is 14.7. The predicted octanol–water partition coefficient (Wildman–Crippen LogP) is 4.10. The smallest absolute Gasteiger partial charge is 0.119 e. The highest BCUT2D eigenvalue weighted by Gasteiger charge is 2.17. The molecule has 2 rings (SSSR count). The van der Waals surface area contributed by atoms with Gasteiger partial charge in [-0.2, -0.15) is 5.10 Å². The van der Waals surface area contributed by atoms with Gasteiger partial charge in [0.2, 0.25) is 0 Å². The fraction of sp³-hybridized carbons (Fsp3) is 0.471. The van der Waals surface area contributed by atoms with Crippen molar-refractivity contribution in [2.75, 3.05) is 0 Å². The molecule has 1 atom stereocenters. The summed E-state index contributed by atoms with van der Waals surface area (Å²) in [6.45, 7) is 10.5. The van der Waals surface area contributed by atoms with Gasteiger partial charge in [0, 0.05) is 11.6 Å². The lowest BCUT2D eigenvalue weighted by atomic mass is 9.92. The van der Waals surface area contributed by atoms with Crippen molar-refractivity contribution >= 4 is 5.71 Å². The second kappa shape index (κ2) is 6.12. The first kappa shape index (κ1) is 14.6. The summed E-state index contributed by atoms with van der Waals surface area (Å²) in [7, 11) is 0. The molecule has 1 aromatic rings. The van der Waals surface area contributed by atoms with Crippen molar-refractivity contribution in [2.24, 2.45) is 11.0 Å². The SMILES string of the molecule is CC1=C(C)NN=C(c2ccc(OC(C)C)cc2)C(C)C1. The summed E-state index contributed by atoms with van der Waals surface area (Å²) >= 11 is 0. The lowest BCUT2D eigenvalue weighted by molar-refractivity contribution is 0.242. The number of nitrogens with zero attached hydrogens (tertiary/aromatic N) is 1. The topological polar surface area (TPSA) is 33.6 Å². The molecule has 0 amide bonds. The third-order valence-corrected chi connectivity index (χ3v) is 3.59. The maximum absolute atomic E-state index is 5.68. The van der Waals surface area contributed by atoms with Crippen molar-refractivity contribution in [2.45, 2.75) is 47.1 Å². The third-order valence-electron chi connectivity index (χ3n) is 3.59. The van der Waals surface area contributed by atoms with Gasteiger partial charge in [0.05, 0.1) is 11.8 Å². The fourth-order valence-electron chi connectivity index (χ4n) is 2.38. The molecule has 0 aromatic heterocycles. The van der Waals surface area contributed by atoms with Crippen molar-refractivity contribution in [1.29, 1.82) is 0 Å². The monoisotopic (exact) mass is 272 g/mol. The highest BCUT2D eigenvalue weighted by Crippen LogP contribution is 2.23. The Kier molecular flexibility index (Phi) is 4.48. The normalized spacial score (nSPS) is 19.5. The van der Waals surface area contributed by atoms with Crippen molar-refractivity contribution in [3.05, 3.63) is 41.1 Å². The molecule has 1 aliphatic rings. The molecule has 0 fully saturated rings. The standard InChI is InChI=1S/C17H24N2O/c1-11(2)20-16-8-6-15(7-9-16)17-13(4)10-12(3)14(5)18-19-17/h6-9,11,13,18H,10H2,1-5H3. The fourth-order valence-corrected chi connectivity index (χ4v) is 2.38. The zero-order valence-electron chi connectivity index (χ0n) is 13.0. The van der Waals surface area contributed by atoms with Crippen LogP contribution in [-0.4, -0.2) is 11.8 Å². The molecule has 0 saturated carbocycles. The highest BCUT2D eigenvalue weighted by molar-refractivity contribution is 6.02. The quantitative estimate of drug-likeness (QED) is 0.898. The molecule has 1 unspecified atom stereocenters. The number of benzene rings is 1. The van der Waals surface area contributed by atoms with E-state index in [2.05, 4.69) is 43.4 Å². The third kappa shape index (κ3) is 3.41. The Bertz CT molecular complexity index is 526. The van der Waals surface area contributed by atoms with Crippen LogP contribution in [0, 0.1) is 5.92 Å². The number of ether oxygens (including phenoxy) is 1.